The molecular weight excluding hydrogens is 288 g/mol. The van der Waals surface area contributed by atoms with Crippen LogP contribution < -0.4 is 0 Å². The predicted molar refractivity (Wildman–Crippen MR) is 93.3 cm³/mol. The number of aliphatic hydroxyl groups is 1. The van der Waals surface area contributed by atoms with E-state index in [1.165, 1.54) is 5.56 Å². The largest absolute Gasteiger partial charge is 0.389 e. The van der Waals surface area contributed by atoms with Crippen molar-refractivity contribution in [2.45, 2.75) is 18.9 Å². The molecule has 1 fully saturated rings. The van der Waals surface area contributed by atoms with Crippen molar-refractivity contribution in [3.8, 4) is 12.3 Å². The van der Waals surface area contributed by atoms with Crippen molar-refractivity contribution in [1.82, 2.24) is 9.80 Å². The molecule has 0 aliphatic carbocycles. The molecule has 1 aromatic carbocycles. The van der Waals surface area contributed by atoms with Gasteiger partial charge in [-0.15, -0.1) is 6.42 Å². The lowest BCUT2D eigenvalue weighted by Gasteiger charge is -2.23. The quantitative estimate of drug-likeness (QED) is 0.578. The van der Waals surface area contributed by atoms with E-state index < -0.39 is 6.10 Å². The molecule has 0 saturated carbocycles. The Kier molecular flexibility index (Phi) is 8.13. The molecule has 1 saturated heterocycles. The van der Waals surface area contributed by atoms with Crippen LogP contribution in [0.1, 0.15) is 12.0 Å². The van der Waals surface area contributed by atoms with Crippen molar-refractivity contribution in [1.29, 1.82) is 0 Å². The van der Waals surface area contributed by atoms with E-state index in [9.17, 15) is 5.11 Å². The third-order valence-corrected chi connectivity index (χ3v) is 4.21. The summed E-state index contributed by atoms with van der Waals surface area (Å²) in [5.74, 6) is 2.42. The van der Waals surface area contributed by atoms with Gasteiger partial charge in [-0.3, -0.25) is 4.90 Å². The summed E-state index contributed by atoms with van der Waals surface area (Å²) in [6.07, 6.45) is 6.92. The van der Waals surface area contributed by atoms with E-state index >= 15 is 0 Å². The molecular formula is C19H28N2O2. The van der Waals surface area contributed by atoms with Gasteiger partial charge in [0.05, 0.1) is 12.7 Å². The summed E-state index contributed by atoms with van der Waals surface area (Å²) < 4.78 is 5.20. The van der Waals surface area contributed by atoms with Gasteiger partial charge >= 0.3 is 0 Å². The minimum atomic E-state index is -0.459. The highest BCUT2D eigenvalue weighted by atomic mass is 16.5. The van der Waals surface area contributed by atoms with Crippen LogP contribution in [0.15, 0.2) is 30.3 Å². The fraction of sp³-hybridized carbons (Fsp3) is 0.579. The molecule has 2 rings (SSSR count). The molecule has 4 heteroatoms. The van der Waals surface area contributed by atoms with Crippen LogP contribution in [0, 0.1) is 12.3 Å². The molecule has 126 valence electrons. The van der Waals surface area contributed by atoms with Gasteiger partial charge in [-0.2, -0.15) is 0 Å². The van der Waals surface area contributed by atoms with E-state index in [1.54, 1.807) is 0 Å². The number of nitrogens with zero attached hydrogens (tertiary/aromatic N) is 2. The summed E-state index contributed by atoms with van der Waals surface area (Å²) in [5, 5.41) is 9.99. The molecule has 1 N–H and O–H groups in total. The first kappa shape index (κ1) is 18.0. The van der Waals surface area contributed by atoms with Gasteiger partial charge in [0.2, 0.25) is 0 Å². The molecule has 1 heterocycles. The average Bonchev–Trinajstić information content (AvgIpc) is 2.79. The number of β-amino-alcohol motifs (C(OH)–C–C–N with tert-alkyl or cyclic N) is 1. The zero-order valence-electron chi connectivity index (χ0n) is 13.9. The van der Waals surface area contributed by atoms with E-state index in [1.807, 2.05) is 0 Å². The van der Waals surface area contributed by atoms with Gasteiger partial charge in [0.15, 0.2) is 0 Å². The summed E-state index contributed by atoms with van der Waals surface area (Å²) >= 11 is 0. The van der Waals surface area contributed by atoms with E-state index in [0.29, 0.717) is 13.2 Å². The molecule has 1 aliphatic heterocycles. The van der Waals surface area contributed by atoms with Gasteiger partial charge in [-0.25, -0.2) is 0 Å². The summed E-state index contributed by atoms with van der Waals surface area (Å²) in [6.45, 7) is 6.58. The zero-order valence-corrected chi connectivity index (χ0v) is 13.9. The fourth-order valence-electron chi connectivity index (χ4n) is 2.97. The number of hydrogen-bond acceptors (Lipinski definition) is 4. The third-order valence-electron chi connectivity index (χ3n) is 4.21. The first-order chi connectivity index (χ1) is 11.3. The second-order valence-corrected chi connectivity index (χ2v) is 6.10. The van der Waals surface area contributed by atoms with Crippen molar-refractivity contribution in [3.63, 3.8) is 0 Å². The predicted octanol–water partition coefficient (Wildman–Crippen LogP) is 1.25. The number of terminal acetylenes is 1. The molecule has 0 bridgehead atoms. The van der Waals surface area contributed by atoms with Crippen LogP contribution in [0.2, 0.25) is 0 Å². The Morgan fingerprint density at radius 1 is 1.13 bits per heavy atom. The van der Waals surface area contributed by atoms with E-state index in [-0.39, 0.29) is 6.61 Å². The molecule has 1 aromatic rings. The van der Waals surface area contributed by atoms with Crippen molar-refractivity contribution >= 4 is 0 Å². The molecule has 1 unspecified atom stereocenters. The van der Waals surface area contributed by atoms with Crippen LogP contribution >= 0.6 is 0 Å². The minimum Gasteiger partial charge on any atom is -0.389 e. The van der Waals surface area contributed by atoms with Crippen LogP contribution in [0.5, 0.6) is 0 Å². The minimum absolute atomic E-state index is 0.268. The van der Waals surface area contributed by atoms with E-state index in [2.05, 4.69) is 46.1 Å². The first-order valence-electron chi connectivity index (χ1n) is 8.46. The van der Waals surface area contributed by atoms with Gasteiger partial charge in [-0.1, -0.05) is 36.3 Å². The van der Waals surface area contributed by atoms with Crippen LogP contribution in [-0.4, -0.2) is 73.5 Å². The van der Waals surface area contributed by atoms with Crippen LogP contribution in [-0.2, 0) is 11.2 Å². The summed E-state index contributed by atoms with van der Waals surface area (Å²) in [6, 6.07) is 10.6. The maximum Gasteiger partial charge on any atom is 0.107 e. The Bertz CT molecular complexity index is 472. The zero-order chi connectivity index (χ0) is 16.3. The van der Waals surface area contributed by atoms with Crippen LogP contribution in [0.25, 0.3) is 0 Å². The van der Waals surface area contributed by atoms with Crippen molar-refractivity contribution < 1.29 is 9.84 Å². The Morgan fingerprint density at radius 3 is 2.65 bits per heavy atom. The van der Waals surface area contributed by atoms with E-state index in [0.717, 1.165) is 45.6 Å². The van der Waals surface area contributed by atoms with Gasteiger partial charge < -0.3 is 14.7 Å². The molecule has 0 amide bonds. The lowest BCUT2D eigenvalue weighted by molar-refractivity contribution is 0.0285. The van der Waals surface area contributed by atoms with Crippen molar-refractivity contribution in [2.24, 2.45) is 0 Å². The highest BCUT2D eigenvalue weighted by Crippen LogP contribution is 2.07. The first-order valence-corrected chi connectivity index (χ1v) is 8.46. The molecule has 1 atom stereocenters. The van der Waals surface area contributed by atoms with Crippen molar-refractivity contribution in [3.05, 3.63) is 35.9 Å². The number of hydrogen-bond donors (Lipinski definition) is 1. The van der Waals surface area contributed by atoms with Gasteiger partial charge in [0.1, 0.15) is 6.61 Å². The smallest absolute Gasteiger partial charge is 0.107 e. The van der Waals surface area contributed by atoms with E-state index in [4.69, 9.17) is 11.2 Å². The Balaban J connectivity index is 1.67. The van der Waals surface area contributed by atoms with Crippen LogP contribution in [0.3, 0.4) is 0 Å². The molecule has 23 heavy (non-hydrogen) atoms. The second kappa shape index (κ2) is 10.4. The molecule has 0 radical (unpaired) electrons. The fourth-order valence-corrected chi connectivity index (χ4v) is 2.97. The monoisotopic (exact) mass is 316 g/mol. The highest BCUT2D eigenvalue weighted by Gasteiger charge is 2.17. The molecule has 0 spiro atoms. The number of rotatable bonds is 8. The van der Waals surface area contributed by atoms with Gasteiger partial charge in [0.25, 0.3) is 0 Å². The topological polar surface area (TPSA) is 35.9 Å². The van der Waals surface area contributed by atoms with Crippen molar-refractivity contribution in [2.75, 3.05) is 52.5 Å². The lowest BCUT2D eigenvalue weighted by atomic mass is 10.1. The summed E-state index contributed by atoms with van der Waals surface area (Å²) in [5.41, 5.74) is 1.40. The summed E-state index contributed by atoms with van der Waals surface area (Å²) in [7, 11) is 0. The van der Waals surface area contributed by atoms with Gasteiger partial charge in [0, 0.05) is 26.2 Å². The molecule has 1 aliphatic rings. The molecule has 4 nitrogen and oxygen atoms in total. The van der Waals surface area contributed by atoms with Crippen LogP contribution in [0.4, 0.5) is 0 Å². The Morgan fingerprint density at radius 2 is 1.87 bits per heavy atom. The lowest BCUT2D eigenvalue weighted by Crippen LogP contribution is -2.38. The number of aliphatic hydroxyl groups excluding tert-OH is 1. The summed E-state index contributed by atoms with van der Waals surface area (Å²) in [4.78, 5) is 4.85. The SMILES string of the molecule is C#CCOCC(O)CN1CCCN(CCc2ccccc2)CC1. The third kappa shape index (κ3) is 7.15. The average molecular weight is 316 g/mol. The second-order valence-electron chi connectivity index (χ2n) is 6.10. The number of benzene rings is 1. The molecule has 0 aromatic heterocycles. The number of ether oxygens (including phenoxy) is 1. The maximum absolute atomic E-state index is 9.99. The normalized spacial score (nSPS) is 18.3. The Labute approximate surface area is 140 Å². The highest BCUT2D eigenvalue weighted by molar-refractivity contribution is 5.14. The standard InChI is InChI=1S/C19H28N2O2/c1-2-15-23-17-19(22)16-21-11-6-10-20(13-14-21)12-9-18-7-4-3-5-8-18/h1,3-5,7-8,19,22H,6,9-17H2. The van der Waals surface area contributed by atoms with Gasteiger partial charge in [-0.05, 0) is 31.5 Å². The maximum atomic E-state index is 9.99. The Hall–Kier alpha value is -1.38.